The molecule has 0 aromatic heterocycles. The minimum absolute atomic E-state index is 0.303. The maximum Gasteiger partial charge on any atom is 0.119 e. The summed E-state index contributed by atoms with van der Waals surface area (Å²) in [6.45, 7) is 5.00. The van der Waals surface area contributed by atoms with E-state index in [0.29, 0.717) is 13.2 Å². The highest BCUT2D eigenvalue weighted by Gasteiger charge is 2.25. The number of hydrogen-bond donors (Lipinski definition) is 1. The average molecular weight is 418 g/mol. The molecule has 3 nitrogen and oxygen atoms in total. The molecule has 1 heterocycles. The number of nitrogens with zero attached hydrogens (tertiary/aromatic N) is 1. The van der Waals surface area contributed by atoms with Gasteiger partial charge in [0.2, 0.25) is 0 Å². The van der Waals surface area contributed by atoms with Crippen LogP contribution in [0, 0.1) is 0 Å². The zero-order valence-corrected chi connectivity index (χ0v) is 17.0. The number of benzene rings is 2. The number of ether oxygens (including phenoxy) is 1. The molecule has 1 aliphatic heterocycles. The highest BCUT2D eigenvalue weighted by atomic mass is 79.9. The van der Waals surface area contributed by atoms with Gasteiger partial charge in [0.25, 0.3) is 0 Å². The van der Waals surface area contributed by atoms with E-state index in [1.54, 1.807) is 0 Å². The quantitative estimate of drug-likeness (QED) is 0.707. The molecule has 0 aliphatic carbocycles. The molecule has 1 fully saturated rings. The molecular weight excluding hydrogens is 390 g/mol. The Morgan fingerprint density at radius 3 is 2.31 bits per heavy atom. The Labute approximate surface area is 165 Å². The van der Waals surface area contributed by atoms with Crippen molar-refractivity contribution in [2.75, 3.05) is 26.2 Å². The van der Waals surface area contributed by atoms with Crippen LogP contribution < -0.4 is 4.74 Å². The van der Waals surface area contributed by atoms with E-state index in [1.807, 2.05) is 37.3 Å². The molecule has 1 N–H and O–H groups in total. The summed E-state index contributed by atoms with van der Waals surface area (Å²) in [7, 11) is 0. The Bertz CT molecular complexity index is 692. The topological polar surface area (TPSA) is 32.7 Å². The number of aliphatic hydroxyl groups is 1. The van der Waals surface area contributed by atoms with Gasteiger partial charge in [-0.3, -0.25) is 0 Å². The molecule has 0 spiro atoms. The second-order valence-electron chi connectivity index (χ2n) is 7.48. The average Bonchev–Trinajstić information content (AvgIpc) is 2.89. The Balaban J connectivity index is 1.56. The van der Waals surface area contributed by atoms with Gasteiger partial charge in [-0.25, -0.2) is 0 Å². The summed E-state index contributed by atoms with van der Waals surface area (Å²) in [6, 6.07) is 16.2. The van der Waals surface area contributed by atoms with Crippen LogP contribution in [0.4, 0.5) is 0 Å². The van der Waals surface area contributed by atoms with Crippen molar-refractivity contribution < 1.29 is 9.84 Å². The van der Waals surface area contributed by atoms with Crippen LogP contribution >= 0.6 is 15.9 Å². The van der Waals surface area contributed by atoms with Crippen LogP contribution in [0.2, 0.25) is 0 Å². The van der Waals surface area contributed by atoms with Crippen molar-refractivity contribution in [3.05, 3.63) is 53.0 Å². The first-order valence-electron chi connectivity index (χ1n) is 9.46. The van der Waals surface area contributed by atoms with Crippen molar-refractivity contribution in [2.45, 2.75) is 38.2 Å². The lowest BCUT2D eigenvalue weighted by Gasteiger charge is -2.30. The maximum atomic E-state index is 10.7. The summed E-state index contributed by atoms with van der Waals surface area (Å²) >= 11 is 3.59. The fraction of sp³-hybridized carbons (Fsp3) is 0.455. The minimum atomic E-state index is -0.842. The highest BCUT2D eigenvalue weighted by Crippen LogP contribution is 2.29. The molecule has 1 unspecified atom stereocenters. The summed E-state index contributed by atoms with van der Waals surface area (Å²) in [5, 5.41) is 10.7. The van der Waals surface area contributed by atoms with E-state index in [9.17, 15) is 5.11 Å². The van der Waals surface area contributed by atoms with Crippen LogP contribution in [-0.2, 0) is 0 Å². The first-order valence-corrected chi connectivity index (χ1v) is 10.3. The van der Waals surface area contributed by atoms with Crippen LogP contribution in [0.1, 0.15) is 32.6 Å². The largest absolute Gasteiger partial charge is 0.491 e. The lowest BCUT2D eigenvalue weighted by atomic mass is 10.1. The monoisotopic (exact) mass is 417 g/mol. The molecule has 2 aromatic carbocycles. The van der Waals surface area contributed by atoms with E-state index in [4.69, 9.17) is 4.74 Å². The highest BCUT2D eigenvalue weighted by molar-refractivity contribution is 9.10. The van der Waals surface area contributed by atoms with Crippen molar-refractivity contribution in [1.82, 2.24) is 4.90 Å². The standard InChI is InChI=1S/C22H28BrNO2/c1-22(25,16-24-14-6-2-3-7-15-24)17-26-19-12-10-18(11-13-19)20-8-4-5-9-21(20)23/h4-5,8-13,25H,2-3,6-7,14-17H2,1H3. The van der Waals surface area contributed by atoms with Crippen molar-refractivity contribution in [3.8, 4) is 16.9 Å². The molecular formula is C22H28BrNO2. The zero-order valence-electron chi connectivity index (χ0n) is 15.5. The van der Waals surface area contributed by atoms with E-state index in [2.05, 4.69) is 39.0 Å². The van der Waals surface area contributed by atoms with E-state index in [0.717, 1.165) is 34.4 Å². The van der Waals surface area contributed by atoms with Crippen molar-refractivity contribution in [2.24, 2.45) is 0 Å². The zero-order chi connectivity index (χ0) is 18.4. The molecule has 0 amide bonds. The van der Waals surface area contributed by atoms with Crippen LogP contribution in [0.3, 0.4) is 0 Å². The van der Waals surface area contributed by atoms with Gasteiger partial charge in [-0.05, 0) is 62.2 Å². The van der Waals surface area contributed by atoms with Crippen LogP contribution in [0.25, 0.3) is 11.1 Å². The Morgan fingerprint density at radius 1 is 1.00 bits per heavy atom. The molecule has 1 saturated heterocycles. The number of rotatable bonds is 6. The molecule has 140 valence electrons. The van der Waals surface area contributed by atoms with Gasteiger partial charge in [-0.15, -0.1) is 0 Å². The lowest BCUT2D eigenvalue weighted by Crippen LogP contribution is -2.45. The van der Waals surface area contributed by atoms with E-state index in [1.165, 1.54) is 25.7 Å². The summed E-state index contributed by atoms with van der Waals surface area (Å²) in [5.41, 5.74) is 1.46. The number of halogens is 1. The first-order chi connectivity index (χ1) is 12.5. The Kier molecular flexibility index (Phi) is 6.74. The molecule has 3 rings (SSSR count). The summed E-state index contributed by atoms with van der Waals surface area (Å²) in [4.78, 5) is 2.37. The van der Waals surface area contributed by atoms with E-state index >= 15 is 0 Å². The van der Waals surface area contributed by atoms with Gasteiger partial charge < -0.3 is 14.7 Å². The molecule has 1 atom stereocenters. The summed E-state index contributed by atoms with van der Waals surface area (Å²) < 4.78 is 6.95. The molecule has 0 bridgehead atoms. The van der Waals surface area contributed by atoms with E-state index < -0.39 is 5.60 Å². The fourth-order valence-electron chi connectivity index (χ4n) is 3.49. The van der Waals surface area contributed by atoms with Gasteiger partial charge in [0, 0.05) is 11.0 Å². The molecule has 1 aliphatic rings. The van der Waals surface area contributed by atoms with Gasteiger partial charge in [0.15, 0.2) is 0 Å². The summed E-state index contributed by atoms with van der Waals surface area (Å²) in [5.74, 6) is 0.789. The van der Waals surface area contributed by atoms with Crippen LogP contribution in [-0.4, -0.2) is 41.8 Å². The predicted octanol–water partition coefficient (Wildman–Crippen LogP) is 5.12. The summed E-state index contributed by atoms with van der Waals surface area (Å²) in [6.07, 6.45) is 5.07. The van der Waals surface area contributed by atoms with Crippen molar-refractivity contribution in [1.29, 1.82) is 0 Å². The second kappa shape index (κ2) is 9.03. The van der Waals surface area contributed by atoms with Gasteiger partial charge in [-0.1, -0.05) is 59.1 Å². The van der Waals surface area contributed by atoms with Gasteiger partial charge in [-0.2, -0.15) is 0 Å². The number of β-amino-alcohol motifs (C(OH)–C–C–N with tert-alkyl or cyclic N) is 1. The van der Waals surface area contributed by atoms with Crippen LogP contribution in [0.5, 0.6) is 5.75 Å². The van der Waals surface area contributed by atoms with Crippen molar-refractivity contribution >= 4 is 15.9 Å². The number of hydrogen-bond acceptors (Lipinski definition) is 3. The minimum Gasteiger partial charge on any atom is -0.491 e. The molecule has 26 heavy (non-hydrogen) atoms. The third-order valence-electron chi connectivity index (χ3n) is 4.85. The molecule has 0 radical (unpaired) electrons. The first kappa shape index (κ1) is 19.4. The third kappa shape index (κ3) is 5.57. The van der Waals surface area contributed by atoms with Gasteiger partial charge in [0.05, 0.1) is 0 Å². The Morgan fingerprint density at radius 2 is 1.65 bits per heavy atom. The number of likely N-dealkylation sites (tertiary alicyclic amines) is 1. The normalized spacial score (nSPS) is 18.1. The van der Waals surface area contributed by atoms with Gasteiger partial charge in [0.1, 0.15) is 18.0 Å². The lowest BCUT2D eigenvalue weighted by molar-refractivity contribution is -0.0168. The second-order valence-corrected chi connectivity index (χ2v) is 8.33. The SMILES string of the molecule is CC(O)(COc1ccc(-c2ccccc2Br)cc1)CN1CCCCCC1. The smallest absolute Gasteiger partial charge is 0.119 e. The van der Waals surface area contributed by atoms with E-state index in [-0.39, 0.29) is 0 Å². The predicted molar refractivity (Wildman–Crippen MR) is 111 cm³/mol. The molecule has 0 saturated carbocycles. The van der Waals surface area contributed by atoms with Gasteiger partial charge >= 0.3 is 0 Å². The maximum absolute atomic E-state index is 10.7. The third-order valence-corrected chi connectivity index (χ3v) is 5.54. The van der Waals surface area contributed by atoms with Crippen molar-refractivity contribution in [3.63, 3.8) is 0 Å². The Hall–Kier alpha value is -1.36. The molecule has 4 heteroatoms. The molecule has 2 aromatic rings. The fourth-order valence-corrected chi connectivity index (χ4v) is 4.00. The van der Waals surface area contributed by atoms with Crippen LogP contribution in [0.15, 0.2) is 53.0 Å².